The molecule has 0 aromatic heterocycles. The second kappa shape index (κ2) is 6.85. The molecule has 0 unspecified atom stereocenters. The van der Waals surface area contributed by atoms with E-state index in [4.69, 9.17) is 9.47 Å². The van der Waals surface area contributed by atoms with Crippen molar-refractivity contribution >= 4 is 11.8 Å². The Hall–Kier alpha value is -2.15. The molecular formula is C13H18N2O5. The van der Waals surface area contributed by atoms with Gasteiger partial charge < -0.3 is 14.8 Å². The summed E-state index contributed by atoms with van der Waals surface area (Å²) in [5.74, 6) is 0.248. The highest BCUT2D eigenvalue weighted by Gasteiger charge is 2.19. The molecule has 20 heavy (non-hydrogen) atoms. The normalized spacial score (nSPS) is 10.9. The van der Waals surface area contributed by atoms with Crippen LogP contribution in [0, 0.1) is 15.5 Å². The lowest BCUT2D eigenvalue weighted by molar-refractivity contribution is -0.384. The maximum atomic E-state index is 11.6. The van der Waals surface area contributed by atoms with Crippen LogP contribution < -0.4 is 10.1 Å². The van der Waals surface area contributed by atoms with Gasteiger partial charge in [0.25, 0.3) is 5.69 Å². The van der Waals surface area contributed by atoms with Crippen molar-refractivity contribution in [2.75, 3.05) is 20.3 Å². The average Bonchev–Trinajstić information content (AvgIpc) is 2.37. The number of hydrogen-bond acceptors (Lipinski definition) is 5. The van der Waals surface area contributed by atoms with E-state index in [0.29, 0.717) is 13.2 Å². The molecule has 0 spiro atoms. The molecule has 0 fully saturated rings. The zero-order valence-electron chi connectivity index (χ0n) is 11.7. The number of carbonyl (C=O) groups is 1. The Labute approximate surface area is 117 Å². The van der Waals surface area contributed by atoms with Crippen LogP contribution in [-0.4, -0.2) is 31.3 Å². The van der Waals surface area contributed by atoms with Gasteiger partial charge in [0.1, 0.15) is 5.75 Å². The Morgan fingerprint density at radius 3 is 2.45 bits per heavy atom. The number of nitrogens with one attached hydrogen (secondary N) is 1. The number of rotatable bonds is 6. The van der Waals surface area contributed by atoms with Gasteiger partial charge in [-0.1, -0.05) is 13.8 Å². The van der Waals surface area contributed by atoms with Crippen molar-refractivity contribution in [3.8, 4) is 5.75 Å². The summed E-state index contributed by atoms with van der Waals surface area (Å²) in [4.78, 5) is 21.5. The quantitative estimate of drug-likeness (QED) is 0.639. The number of hydrogen-bond donors (Lipinski definition) is 1. The van der Waals surface area contributed by atoms with Crippen molar-refractivity contribution in [1.82, 2.24) is 5.32 Å². The van der Waals surface area contributed by atoms with Gasteiger partial charge in [0, 0.05) is 31.2 Å². The molecule has 0 aliphatic heterocycles. The fourth-order valence-corrected chi connectivity index (χ4v) is 1.53. The minimum atomic E-state index is -0.608. The smallest absolute Gasteiger partial charge is 0.410 e. The highest BCUT2D eigenvalue weighted by molar-refractivity contribution is 5.70. The Morgan fingerprint density at radius 2 is 1.95 bits per heavy atom. The van der Waals surface area contributed by atoms with Crippen LogP contribution in [0.4, 0.5) is 10.5 Å². The monoisotopic (exact) mass is 282 g/mol. The summed E-state index contributed by atoms with van der Waals surface area (Å²) >= 11 is 0. The van der Waals surface area contributed by atoms with Crippen LogP contribution in [0.15, 0.2) is 24.3 Å². The maximum Gasteiger partial charge on any atom is 0.412 e. The van der Waals surface area contributed by atoms with Crippen molar-refractivity contribution in [2.24, 2.45) is 5.41 Å². The van der Waals surface area contributed by atoms with E-state index in [0.717, 1.165) is 0 Å². The second-order valence-electron chi connectivity index (χ2n) is 5.09. The summed E-state index contributed by atoms with van der Waals surface area (Å²) in [6, 6.07) is 5.30. The van der Waals surface area contributed by atoms with Gasteiger partial charge in [0.2, 0.25) is 0 Å². The number of carbonyl (C=O) groups excluding carboxylic acids is 1. The third-order valence-electron chi connectivity index (χ3n) is 2.50. The zero-order valence-corrected chi connectivity index (χ0v) is 11.7. The molecule has 1 aromatic rings. The van der Waals surface area contributed by atoms with E-state index >= 15 is 0 Å². The number of ether oxygens (including phenoxy) is 2. The van der Waals surface area contributed by atoms with Gasteiger partial charge in [-0.05, 0) is 12.1 Å². The number of nitro benzene ring substituents is 1. The van der Waals surface area contributed by atoms with E-state index in [2.05, 4.69) is 5.32 Å². The summed E-state index contributed by atoms with van der Waals surface area (Å²) in [6.45, 7) is 4.79. The van der Waals surface area contributed by atoms with Crippen molar-refractivity contribution in [1.29, 1.82) is 0 Å². The van der Waals surface area contributed by atoms with E-state index in [1.807, 2.05) is 13.8 Å². The minimum Gasteiger partial charge on any atom is -0.410 e. The Balaban J connectivity index is 2.48. The van der Waals surface area contributed by atoms with Crippen LogP contribution in [0.3, 0.4) is 0 Å². The highest BCUT2D eigenvalue weighted by Crippen LogP contribution is 2.18. The predicted molar refractivity (Wildman–Crippen MR) is 72.8 cm³/mol. The van der Waals surface area contributed by atoms with Crippen LogP contribution in [0.25, 0.3) is 0 Å². The molecule has 1 N–H and O–H groups in total. The Bertz CT molecular complexity index is 470. The molecule has 0 saturated carbocycles. The minimum absolute atomic E-state index is 0.0565. The van der Waals surface area contributed by atoms with E-state index in [1.54, 1.807) is 7.11 Å². The van der Waals surface area contributed by atoms with Gasteiger partial charge in [-0.2, -0.15) is 0 Å². The molecule has 1 amide bonds. The first-order chi connectivity index (χ1) is 9.34. The van der Waals surface area contributed by atoms with Crippen LogP contribution >= 0.6 is 0 Å². The molecule has 0 radical (unpaired) electrons. The number of benzene rings is 1. The van der Waals surface area contributed by atoms with Gasteiger partial charge in [0.05, 0.1) is 11.5 Å². The highest BCUT2D eigenvalue weighted by atomic mass is 16.6. The standard InChI is InChI=1S/C13H18N2O5/c1-13(2,9-19-3)8-14-12(16)20-11-6-4-10(5-7-11)15(17)18/h4-7H,8-9H2,1-3H3,(H,14,16). The number of nitrogens with zero attached hydrogens (tertiary/aromatic N) is 1. The van der Waals surface area contributed by atoms with Crippen LogP contribution in [0.5, 0.6) is 5.75 Å². The van der Waals surface area contributed by atoms with E-state index in [9.17, 15) is 14.9 Å². The van der Waals surface area contributed by atoms with Crippen molar-refractivity contribution in [2.45, 2.75) is 13.8 Å². The molecule has 0 aliphatic rings. The summed E-state index contributed by atoms with van der Waals surface area (Å²) in [5.41, 5.74) is -0.262. The molecule has 1 aromatic carbocycles. The summed E-state index contributed by atoms with van der Waals surface area (Å²) in [6.07, 6.45) is -0.608. The van der Waals surface area contributed by atoms with Crippen molar-refractivity contribution in [3.05, 3.63) is 34.4 Å². The molecule has 0 aliphatic carbocycles. The second-order valence-corrected chi connectivity index (χ2v) is 5.09. The molecule has 0 saturated heterocycles. The first-order valence-electron chi connectivity index (χ1n) is 6.03. The van der Waals surface area contributed by atoms with Crippen LogP contribution in [-0.2, 0) is 4.74 Å². The molecule has 0 heterocycles. The van der Waals surface area contributed by atoms with Crippen molar-refractivity contribution in [3.63, 3.8) is 0 Å². The number of methoxy groups -OCH3 is 1. The van der Waals surface area contributed by atoms with Gasteiger partial charge >= 0.3 is 6.09 Å². The number of nitro groups is 1. The van der Waals surface area contributed by atoms with Crippen LogP contribution in [0.1, 0.15) is 13.8 Å². The maximum absolute atomic E-state index is 11.6. The third kappa shape index (κ3) is 5.23. The molecule has 7 nitrogen and oxygen atoms in total. The molecule has 0 bridgehead atoms. The predicted octanol–water partition coefficient (Wildman–Crippen LogP) is 2.36. The van der Waals surface area contributed by atoms with E-state index < -0.39 is 11.0 Å². The molecular weight excluding hydrogens is 264 g/mol. The molecule has 7 heteroatoms. The van der Waals surface area contributed by atoms with E-state index in [1.165, 1.54) is 24.3 Å². The molecule has 1 rings (SSSR count). The third-order valence-corrected chi connectivity index (χ3v) is 2.50. The lowest BCUT2D eigenvalue weighted by Gasteiger charge is -2.23. The number of amides is 1. The van der Waals surface area contributed by atoms with Crippen molar-refractivity contribution < 1.29 is 19.2 Å². The Morgan fingerprint density at radius 1 is 1.35 bits per heavy atom. The summed E-state index contributed by atoms with van der Waals surface area (Å²) < 4.78 is 10.0. The van der Waals surface area contributed by atoms with Gasteiger partial charge in [-0.3, -0.25) is 10.1 Å². The fourth-order valence-electron chi connectivity index (χ4n) is 1.53. The van der Waals surface area contributed by atoms with Gasteiger partial charge in [0.15, 0.2) is 0 Å². The zero-order chi connectivity index (χ0) is 15.2. The molecule has 0 atom stereocenters. The average molecular weight is 282 g/mol. The van der Waals surface area contributed by atoms with E-state index in [-0.39, 0.29) is 16.9 Å². The first kappa shape index (κ1) is 15.9. The SMILES string of the molecule is COCC(C)(C)CNC(=O)Oc1ccc([N+](=O)[O-])cc1. The fraction of sp³-hybridized carbons (Fsp3) is 0.462. The summed E-state index contributed by atoms with van der Waals surface area (Å²) in [7, 11) is 1.59. The summed E-state index contributed by atoms with van der Waals surface area (Å²) in [5, 5.41) is 13.1. The molecule has 110 valence electrons. The number of non-ortho nitro benzene ring substituents is 1. The lowest BCUT2D eigenvalue weighted by atomic mass is 9.95. The van der Waals surface area contributed by atoms with Gasteiger partial charge in [-0.15, -0.1) is 0 Å². The lowest BCUT2D eigenvalue weighted by Crippen LogP contribution is -2.37. The van der Waals surface area contributed by atoms with Gasteiger partial charge in [-0.25, -0.2) is 4.79 Å². The first-order valence-corrected chi connectivity index (χ1v) is 6.03. The largest absolute Gasteiger partial charge is 0.412 e. The topological polar surface area (TPSA) is 90.7 Å². The van der Waals surface area contributed by atoms with Crippen LogP contribution in [0.2, 0.25) is 0 Å². The Kier molecular flexibility index (Phi) is 5.45.